The Morgan fingerprint density at radius 2 is 1.93 bits per heavy atom. The summed E-state index contributed by atoms with van der Waals surface area (Å²) < 4.78 is 0. The van der Waals surface area contributed by atoms with Crippen LogP contribution in [0.3, 0.4) is 0 Å². The summed E-state index contributed by atoms with van der Waals surface area (Å²) in [4.78, 5) is 31.9. The maximum Gasteiger partial charge on any atom is 0.315 e. The molecule has 6 heteroatoms. The lowest BCUT2D eigenvalue weighted by Crippen LogP contribution is -2.37. The van der Waals surface area contributed by atoms with Crippen molar-refractivity contribution in [2.45, 2.75) is 32.9 Å². The summed E-state index contributed by atoms with van der Waals surface area (Å²) in [5, 5.41) is 0. The van der Waals surface area contributed by atoms with E-state index >= 15 is 0 Å². The molecule has 3 heterocycles. The van der Waals surface area contributed by atoms with Crippen molar-refractivity contribution in [2.24, 2.45) is 11.7 Å². The van der Waals surface area contributed by atoms with Gasteiger partial charge in [0.1, 0.15) is 0 Å². The van der Waals surface area contributed by atoms with Crippen LogP contribution in [0.2, 0.25) is 0 Å². The monoisotopic (exact) mass is 390 g/mol. The van der Waals surface area contributed by atoms with Crippen LogP contribution in [0.5, 0.6) is 0 Å². The molecular weight excluding hydrogens is 364 g/mol. The number of rotatable bonds is 3. The van der Waals surface area contributed by atoms with E-state index in [1.165, 1.54) is 5.57 Å². The number of amides is 3. The first-order chi connectivity index (χ1) is 14.0. The minimum Gasteiger partial charge on any atom is -0.351 e. The van der Waals surface area contributed by atoms with Gasteiger partial charge in [-0.3, -0.25) is 9.78 Å². The van der Waals surface area contributed by atoms with Crippen molar-refractivity contribution in [1.29, 1.82) is 0 Å². The smallest absolute Gasteiger partial charge is 0.315 e. The van der Waals surface area contributed by atoms with E-state index in [0.29, 0.717) is 13.1 Å². The normalized spacial score (nSPS) is 18.6. The van der Waals surface area contributed by atoms with Crippen LogP contribution in [0.15, 0.2) is 48.8 Å². The highest BCUT2D eigenvalue weighted by Crippen LogP contribution is 2.38. The molecular formula is C23H26N4O2. The van der Waals surface area contributed by atoms with Gasteiger partial charge in [-0.25, -0.2) is 4.79 Å². The zero-order valence-electron chi connectivity index (χ0n) is 16.8. The Labute approximate surface area is 171 Å². The average molecular weight is 390 g/mol. The van der Waals surface area contributed by atoms with Gasteiger partial charge < -0.3 is 15.5 Å². The zero-order valence-corrected chi connectivity index (χ0v) is 16.8. The van der Waals surface area contributed by atoms with Crippen LogP contribution in [0.4, 0.5) is 4.79 Å². The molecule has 0 saturated carbocycles. The number of nitrogens with two attached hydrogens (primary N) is 1. The number of aromatic nitrogens is 1. The first-order valence-electron chi connectivity index (χ1n) is 10.0. The lowest BCUT2D eigenvalue weighted by Gasteiger charge is -2.28. The maximum absolute atomic E-state index is 12.2. The number of nitrogens with zero attached hydrogens (tertiary/aromatic N) is 3. The molecule has 0 bridgehead atoms. The molecule has 6 nitrogen and oxygen atoms in total. The fourth-order valence-corrected chi connectivity index (χ4v) is 4.22. The third-order valence-electron chi connectivity index (χ3n) is 5.78. The lowest BCUT2D eigenvalue weighted by atomic mass is 9.94. The molecule has 4 rings (SSSR count). The second kappa shape index (κ2) is 7.70. The standard InChI is InChI=1S/C23H26N4O2/c1-15(2)22(28)26-11-8-17(9-12-26)16-3-5-18(6-4-16)21-20-7-10-25-13-19(20)14-27(21)23(24)29/h3-8,10,13,15,21H,9,11-12,14H2,1-2H3,(H2,24,29). The van der Waals surface area contributed by atoms with Crippen molar-refractivity contribution in [2.75, 3.05) is 13.1 Å². The van der Waals surface area contributed by atoms with E-state index in [9.17, 15) is 9.59 Å². The average Bonchev–Trinajstić information content (AvgIpc) is 3.13. The van der Waals surface area contributed by atoms with Gasteiger partial charge in [0.25, 0.3) is 0 Å². The Hall–Kier alpha value is -3.15. The molecule has 150 valence electrons. The van der Waals surface area contributed by atoms with Crippen LogP contribution in [0, 0.1) is 5.92 Å². The van der Waals surface area contributed by atoms with E-state index in [4.69, 9.17) is 5.73 Å². The van der Waals surface area contributed by atoms with E-state index in [1.54, 1.807) is 17.3 Å². The molecule has 1 aromatic carbocycles. The summed E-state index contributed by atoms with van der Waals surface area (Å²) >= 11 is 0. The lowest BCUT2D eigenvalue weighted by molar-refractivity contribution is -0.134. The van der Waals surface area contributed by atoms with Crippen molar-refractivity contribution >= 4 is 17.5 Å². The summed E-state index contributed by atoms with van der Waals surface area (Å²) in [7, 11) is 0. The van der Waals surface area contributed by atoms with Gasteiger partial charge in [0.15, 0.2) is 0 Å². The number of carbonyl (C=O) groups excluding carboxylic acids is 2. The number of hydrogen-bond acceptors (Lipinski definition) is 3. The van der Waals surface area contributed by atoms with E-state index in [0.717, 1.165) is 35.2 Å². The Kier molecular flexibility index (Phi) is 5.09. The third-order valence-corrected chi connectivity index (χ3v) is 5.78. The second-order valence-electron chi connectivity index (χ2n) is 7.98. The highest BCUT2D eigenvalue weighted by Gasteiger charge is 2.33. The number of carbonyl (C=O) groups is 2. The Bertz CT molecular complexity index is 965. The predicted molar refractivity (Wildman–Crippen MR) is 112 cm³/mol. The number of hydrogen-bond donors (Lipinski definition) is 1. The van der Waals surface area contributed by atoms with Crippen LogP contribution in [0.1, 0.15) is 48.6 Å². The van der Waals surface area contributed by atoms with Gasteiger partial charge in [-0.1, -0.05) is 44.2 Å². The van der Waals surface area contributed by atoms with Crippen LogP contribution >= 0.6 is 0 Å². The molecule has 0 saturated heterocycles. The van der Waals surface area contributed by atoms with E-state index in [-0.39, 0.29) is 17.9 Å². The first-order valence-corrected chi connectivity index (χ1v) is 10.0. The molecule has 0 spiro atoms. The molecule has 2 N–H and O–H groups in total. The fraction of sp³-hybridized carbons (Fsp3) is 0.348. The van der Waals surface area contributed by atoms with Crippen molar-refractivity contribution in [1.82, 2.24) is 14.8 Å². The van der Waals surface area contributed by atoms with Gasteiger partial charge in [-0.15, -0.1) is 0 Å². The molecule has 0 aliphatic carbocycles. The Morgan fingerprint density at radius 3 is 2.55 bits per heavy atom. The maximum atomic E-state index is 12.2. The fourth-order valence-electron chi connectivity index (χ4n) is 4.22. The van der Waals surface area contributed by atoms with E-state index in [2.05, 4.69) is 35.3 Å². The summed E-state index contributed by atoms with van der Waals surface area (Å²) in [6, 6.07) is 9.68. The molecule has 0 radical (unpaired) electrons. The van der Waals surface area contributed by atoms with Gasteiger partial charge in [0, 0.05) is 31.4 Å². The molecule has 0 fully saturated rings. The number of primary amides is 1. The molecule has 1 aromatic heterocycles. The number of fused-ring (bicyclic) bond motifs is 1. The molecule has 29 heavy (non-hydrogen) atoms. The minimum atomic E-state index is -0.430. The summed E-state index contributed by atoms with van der Waals surface area (Å²) in [6.07, 6.45) is 6.55. The third kappa shape index (κ3) is 3.62. The molecule has 2 aromatic rings. The van der Waals surface area contributed by atoms with Crippen molar-refractivity contribution in [3.05, 3.63) is 71.1 Å². The molecule has 3 amide bonds. The summed E-state index contributed by atoms with van der Waals surface area (Å²) in [5.74, 6) is 0.235. The largest absolute Gasteiger partial charge is 0.351 e. The topological polar surface area (TPSA) is 79.5 Å². The first kappa shape index (κ1) is 19.2. The predicted octanol–water partition coefficient (Wildman–Crippen LogP) is 3.34. The van der Waals surface area contributed by atoms with Crippen LogP contribution in [-0.2, 0) is 11.3 Å². The van der Waals surface area contributed by atoms with Gasteiger partial charge in [0.05, 0.1) is 12.6 Å². The molecule has 2 aliphatic heterocycles. The van der Waals surface area contributed by atoms with Crippen molar-refractivity contribution in [3.63, 3.8) is 0 Å². The van der Waals surface area contributed by atoms with Crippen molar-refractivity contribution < 1.29 is 9.59 Å². The zero-order chi connectivity index (χ0) is 20.5. The minimum absolute atomic E-state index is 0.0296. The number of benzene rings is 1. The Balaban J connectivity index is 1.55. The van der Waals surface area contributed by atoms with Crippen molar-refractivity contribution in [3.8, 4) is 0 Å². The highest BCUT2D eigenvalue weighted by molar-refractivity contribution is 5.80. The SMILES string of the molecule is CC(C)C(=O)N1CC=C(c2ccc(C3c4ccncc4CN3C(N)=O)cc2)CC1. The van der Waals surface area contributed by atoms with Crippen LogP contribution < -0.4 is 5.73 Å². The van der Waals surface area contributed by atoms with Gasteiger partial charge >= 0.3 is 6.03 Å². The van der Waals surface area contributed by atoms with Gasteiger partial charge in [-0.05, 0) is 40.3 Å². The van der Waals surface area contributed by atoms with Gasteiger partial charge in [-0.2, -0.15) is 0 Å². The van der Waals surface area contributed by atoms with E-state index < -0.39 is 6.03 Å². The van der Waals surface area contributed by atoms with Crippen LogP contribution in [0.25, 0.3) is 5.57 Å². The van der Waals surface area contributed by atoms with Crippen LogP contribution in [-0.4, -0.2) is 39.8 Å². The van der Waals surface area contributed by atoms with Gasteiger partial charge in [0.2, 0.25) is 5.91 Å². The second-order valence-corrected chi connectivity index (χ2v) is 7.98. The summed E-state index contributed by atoms with van der Waals surface area (Å²) in [5.41, 5.74) is 11.2. The molecule has 1 unspecified atom stereocenters. The Morgan fingerprint density at radius 1 is 1.17 bits per heavy atom. The molecule has 2 aliphatic rings. The number of pyridine rings is 1. The highest BCUT2D eigenvalue weighted by atomic mass is 16.2. The van der Waals surface area contributed by atoms with E-state index in [1.807, 2.05) is 24.8 Å². The molecule has 1 atom stereocenters. The number of urea groups is 1. The quantitative estimate of drug-likeness (QED) is 0.873. The summed E-state index contributed by atoms with van der Waals surface area (Å²) in [6.45, 7) is 5.77.